The Morgan fingerprint density at radius 2 is 1.78 bits per heavy atom. The van der Waals surface area contributed by atoms with Crippen molar-refractivity contribution in [2.45, 2.75) is 30.7 Å². The van der Waals surface area contributed by atoms with Crippen molar-refractivity contribution in [3.63, 3.8) is 0 Å². The Bertz CT molecular complexity index is 649. The van der Waals surface area contributed by atoms with Crippen LogP contribution in [0.4, 0.5) is 0 Å². The second kappa shape index (κ2) is 5.70. The van der Waals surface area contributed by atoms with Gasteiger partial charge >= 0.3 is 5.97 Å². The van der Waals surface area contributed by atoms with Crippen molar-refractivity contribution in [1.29, 1.82) is 0 Å². The van der Waals surface area contributed by atoms with Crippen LogP contribution in [0.3, 0.4) is 0 Å². The maximum atomic E-state index is 13.0. The number of ether oxygens (including phenoxy) is 2. The molecule has 2 aliphatic heterocycles. The molecule has 23 heavy (non-hydrogen) atoms. The number of hydrogen-bond donors (Lipinski definition) is 0. The van der Waals surface area contributed by atoms with E-state index in [1.165, 1.54) is 0 Å². The number of rotatable bonds is 2. The Morgan fingerprint density at radius 3 is 2.39 bits per heavy atom. The molecule has 2 aromatic rings. The zero-order chi connectivity index (χ0) is 15.9. The van der Waals surface area contributed by atoms with Crippen LogP contribution in [0.25, 0.3) is 0 Å². The third kappa shape index (κ3) is 2.45. The van der Waals surface area contributed by atoms with E-state index in [1.807, 2.05) is 35.0 Å². The van der Waals surface area contributed by atoms with Gasteiger partial charge in [-0.3, -0.25) is 0 Å². The molecule has 4 rings (SSSR count). The van der Waals surface area contributed by atoms with Crippen LogP contribution in [0, 0.1) is 0 Å². The van der Waals surface area contributed by atoms with Crippen LogP contribution in [0.5, 0.6) is 0 Å². The highest BCUT2D eigenvalue weighted by Crippen LogP contribution is 2.50. The molecule has 0 saturated carbocycles. The first-order chi connectivity index (χ1) is 11.1. The summed E-state index contributed by atoms with van der Waals surface area (Å²) >= 11 is 3.09. The van der Waals surface area contributed by atoms with Gasteiger partial charge in [-0.05, 0) is 42.9 Å². The molecule has 2 aliphatic rings. The lowest BCUT2D eigenvalue weighted by atomic mass is 10.00. The summed E-state index contributed by atoms with van der Waals surface area (Å²) in [4.78, 5) is 17.1. The smallest absolute Gasteiger partial charge is 0.352 e. The summed E-state index contributed by atoms with van der Waals surface area (Å²) < 4.78 is 12.4. The lowest BCUT2D eigenvalue weighted by Crippen LogP contribution is -2.36. The lowest BCUT2D eigenvalue weighted by Gasteiger charge is -2.28. The quantitative estimate of drug-likeness (QED) is 0.779. The average Bonchev–Trinajstić information content (AvgIpc) is 3.24. The molecule has 0 aromatic carbocycles. The van der Waals surface area contributed by atoms with Crippen LogP contribution < -0.4 is 0 Å². The van der Waals surface area contributed by atoms with Crippen molar-refractivity contribution in [3.8, 4) is 0 Å². The Morgan fingerprint density at radius 1 is 1.09 bits per heavy atom. The van der Waals surface area contributed by atoms with E-state index >= 15 is 0 Å². The van der Waals surface area contributed by atoms with Crippen molar-refractivity contribution in [3.05, 3.63) is 44.8 Å². The fourth-order valence-electron chi connectivity index (χ4n) is 3.38. The van der Waals surface area contributed by atoms with E-state index in [2.05, 4.69) is 11.9 Å². The third-order valence-corrected chi connectivity index (χ3v) is 6.55. The predicted molar refractivity (Wildman–Crippen MR) is 90.7 cm³/mol. The highest BCUT2D eigenvalue weighted by atomic mass is 32.1. The summed E-state index contributed by atoms with van der Waals surface area (Å²) in [5, 5.41) is 3.96. The third-order valence-electron chi connectivity index (χ3n) is 4.61. The largest absolute Gasteiger partial charge is 0.430 e. The molecule has 6 heteroatoms. The van der Waals surface area contributed by atoms with Crippen molar-refractivity contribution in [1.82, 2.24) is 4.90 Å². The zero-order valence-electron chi connectivity index (χ0n) is 13.0. The number of likely N-dealkylation sites (tertiary alicyclic amines) is 1. The summed E-state index contributed by atoms with van der Waals surface area (Å²) in [5.41, 5.74) is -1.09. The molecular weight excluding hydrogens is 330 g/mol. The molecule has 0 bridgehead atoms. The molecule has 4 nitrogen and oxygen atoms in total. The Hall–Kier alpha value is -1.21. The van der Waals surface area contributed by atoms with Gasteiger partial charge in [0.1, 0.15) is 0 Å². The van der Waals surface area contributed by atoms with Crippen LogP contribution in [0.15, 0.2) is 35.0 Å². The second-order valence-electron chi connectivity index (χ2n) is 6.19. The van der Waals surface area contributed by atoms with E-state index in [4.69, 9.17) is 9.47 Å². The molecule has 122 valence electrons. The van der Waals surface area contributed by atoms with Crippen LogP contribution in [-0.2, 0) is 19.9 Å². The number of nitrogens with zero attached hydrogens (tertiary/aromatic N) is 1. The molecule has 1 spiro atoms. The van der Waals surface area contributed by atoms with Crippen molar-refractivity contribution in [2.75, 3.05) is 20.1 Å². The van der Waals surface area contributed by atoms with Crippen molar-refractivity contribution < 1.29 is 14.3 Å². The first kappa shape index (κ1) is 15.3. The Balaban J connectivity index is 1.77. The lowest BCUT2D eigenvalue weighted by molar-refractivity contribution is -0.190. The van der Waals surface area contributed by atoms with Gasteiger partial charge in [-0.25, -0.2) is 4.79 Å². The van der Waals surface area contributed by atoms with Crippen molar-refractivity contribution >= 4 is 28.6 Å². The monoisotopic (exact) mass is 349 g/mol. The van der Waals surface area contributed by atoms with E-state index in [-0.39, 0.29) is 5.97 Å². The molecule has 0 N–H and O–H groups in total. The van der Waals surface area contributed by atoms with Gasteiger partial charge in [0, 0.05) is 19.4 Å². The van der Waals surface area contributed by atoms with Gasteiger partial charge in [0.25, 0.3) is 0 Å². The van der Waals surface area contributed by atoms with Gasteiger partial charge in [-0.15, -0.1) is 22.7 Å². The van der Waals surface area contributed by atoms with Gasteiger partial charge in [-0.2, -0.15) is 0 Å². The van der Waals surface area contributed by atoms with Crippen LogP contribution in [-0.4, -0.2) is 36.8 Å². The Kier molecular flexibility index (Phi) is 3.80. The second-order valence-corrected chi connectivity index (χ2v) is 8.09. The molecule has 2 aromatic heterocycles. The fraction of sp³-hybridized carbons (Fsp3) is 0.471. The molecule has 2 fully saturated rings. The average molecular weight is 349 g/mol. The summed E-state index contributed by atoms with van der Waals surface area (Å²) in [5.74, 6) is -1.07. The SMILES string of the molecule is CN1CCCC2(CC1)OC(=O)C(c1cccs1)(c1cccs1)O2. The van der Waals surface area contributed by atoms with Crippen LogP contribution >= 0.6 is 22.7 Å². The number of thiophene rings is 2. The van der Waals surface area contributed by atoms with E-state index in [0.717, 1.165) is 35.7 Å². The van der Waals surface area contributed by atoms with Crippen molar-refractivity contribution in [2.24, 2.45) is 0 Å². The standard InChI is InChI=1S/C17H19NO3S2/c1-18-9-4-7-16(8-10-18)20-15(19)17(21-16,13-5-2-11-22-13)14-6-3-12-23-14/h2-3,5-6,11-12H,4,7-10H2,1H3. The maximum absolute atomic E-state index is 13.0. The summed E-state index contributed by atoms with van der Waals surface area (Å²) in [6, 6.07) is 7.84. The number of hydrogen-bond acceptors (Lipinski definition) is 6. The van der Waals surface area contributed by atoms with E-state index in [0.29, 0.717) is 6.42 Å². The van der Waals surface area contributed by atoms with Gasteiger partial charge in [0.05, 0.1) is 9.75 Å². The van der Waals surface area contributed by atoms with Gasteiger partial charge in [0.15, 0.2) is 0 Å². The fourth-order valence-corrected chi connectivity index (χ4v) is 5.17. The molecule has 0 aliphatic carbocycles. The highest BCUT2D eigenvalue weighted by Gasteiger charge is 2.61. The first-order valence-electron chi connectivity index (χ1n) is 7.85. The first-order valence-corrected chi connectivity index (χ1v) is 9.61. The van der Waals surface area contributed by atoms with Gasteiger partial charge in [-0.1, -0.05) is 12.1 Å². The molecule has 2 saturated heterocycles. The molecular formula is C17H19NO3S2. The minimum Gasteiger partial charge on any atom is -0.430 e. The van der Waals surface area contributed by atoms with Gasteiger partial charge in [0.2, 0.25) is 11.4 Å². The van der Waals surface area contributed by atoms with E-state index in [9.17, 15) is 4.79 Å². The summed E-state index contributed by atoms with van der Waals surface area (Å²) in [6.07, 6.45) is 2.43. The van der Waals surface area contributed by atoms with Crippen LogP contribution in [0.1, 0.15) is 29.0 Å². The molecule has 0 amide bonds. The summed E-state index contributed by atoms with van der Waals surface area (Å²) in [6.45, 7) is 1.88. The van der Waals surface area contributed by atoms with Crippen LogP contribution in [0.2, 0.25) is 0 Å². The number of carbonyl (C=O) groups excluding carboxylic acids is 1. The predicted octanol–water partition coefficient (Wildman–Crippen LogP) is 3.44. The highest BCUT2D eigenvalue weighted by molar-refractivity contribution is 7.12. The van der Waals surface area contributed by atoms with E-state index < -0.39 is 11.4 Å². The minimum atomic E-state index is -1.09. The minimum absolute atomic E-state index is 0.271. The molecule has 1 unspecified atom stereocenters. The zero-order valence-corrected chi connectivity index (χ0v) is 14.6. The normalized spacial score (nSPS) is 28.0. The van der Waals surface area contributed by atoms with E-state index in [1.54, 1.807) is 22.7 Å². The van der Waals surface area contributed by atoms with Gasteiger partial charge < -0.3 is 14.4 Å². The number of esters is 1. The molecule has 1 atom stereocenters. The maximum Gasteiger partial charge on any atom is 0.352 e. The molecule has 4 heterocycles. The number of carbonyl (C=O) groups is 1. The summed E-state index contributed by atoms with van der Waals surface area (Å²) in [7, 11) is 2.10. The molecule has 0 radical (unpaired) electrons. The topological polar surface area (TPSA) is 38.8 Å². The Labute approximate surface area is 143 Å².